The van der Waals surface area contributed by atoms with Gasteiger partial charge < -0.3 is 24.2 Å². The summed E-state index contributed by atoms with van der Waals surface area (Å²) in [7, 11) is 1.62. The minimum atomic E-state index is 0.0695. The Bertz CT molecular complexity index is 812. The molecule has 6 heteroatoms. The van der Waals surface area contributed by atoms with Gasteiger partial charge in [-0.15, -0.1) is 0 Å². The summed E-state index contributed by atoms with van der Waals surface area (Å²) >= 11 is 0. The van der Waals surface area contributed by atoms with Gasteiger partial charge >= 0.3 is 0 Å². The summed E-state index contributed by atoms with van der Waals surface area (Å²) in [5.74, 6) is 0.781. The van der Waals surface area contributed by atoms with Crippen molar-refractivity contribution in [2.75, 3.05) is 69.4 Å². The van der Waals surface area contributed by atoms with Crippen molar-refractivity contribution >= 4 is 17.3 Å². The van der Waals surface area contributed by atoms with Gasteiger partial charge in [-0.25, -0.2) is 0 Å². The normalized spacial score (nSPS) is 17.5. The topological polar surface area (TPSA) is 45.2 Å². The number of para-hydroxylation sites is 2. The number of hydrogen-bond acceptors (Lipinski definition) is 5. The highest BCUT2D eigenvalue weighted by atomic mass is 16.5. The highest BCUT2D eigenvalue weighted by molar-refractivity contribution is 5.94. The van der Waals surface area contributed by atoms with Crippen molar-refractivity contribution < 1.29 is 14.3 Å². The van der Waals surface area contributed by atoms with Crippen molar-refractivity contribution in [2.45, 2.75) is 0 Å². The van der Waals surface area contributed by atoms with Crippen LogP contribution in [0.2, 0.25) is 0 Å². The van der Waals surface area contributed by atoms with E-state index < -0.39 is 0 Å². The molecule has 2 saturated heterocycles. The maximum Gasteiger partial charge on any atom is 0.254 e. The maximum absolute atomic E-state index is 12.9. The van der Waals surface area contributed by atoms with Gasteiger partial charge in [-0.3, -0.25) is 4.79 Å². The van der Waals surface area contributed by atoms with Crippen LogP contribution in [0.25, 0.3) is 0 Å². The van der Waals surface area contributed by atoms with Crippen molar-refractivity contribution in [3.8, 4) is 5.75 Å². The van der Waals surface area contributed by atoms with Gasteiger partial charge in [-0.05, 0) is 30.3 Å². The number of amides is 1. The quantitative estimate of drug-likeness (QED) is 0.814. The standard InChI is InChI=1S/C22H27N3O3/c1-27-19-6-4-5-18(17-19)22(26)25-11-9-23(10-12-25)20-7-2-3-8-21(20)24-13-15-28-16-14-24/h2-8,17H,9-16H2,1H3. The van der Waals surface area contributed by atoms with Crippen LogP contribution in [-0.2, 0) is 4.74 Å². The summed E-state index contributed by atoms with van der Waals surface area (Å²) in [6, 6.07) is 15.9. The Kier molecular flexibility index (Phi) is 5.67. The number of hydrogen-bond donors (Lipinski definition) is 0. The average molecular weight is 381 g/mol. The molecule has 0 bridgehead atoms. The van der Waals surface area contributed by atoms with Gasteiger partial charge in [-0.2, -0.15) is 0 Å². The zero-order valence-corrected chi connectivity index (χ0v) is 16.3. The number of carbonyl (C=O) groups is 1. The Labute approximate surface area is 166 Å². The number of benzene rings is 2. The van der Waals surface area contributed by atoms with Gasteiger partial charge in [0.25, 0.3) is 5.91 Å². The van der Waals surface area contributed by atoms with Crippen LogP contribution in [0, 0.1) is 0 Å². The molecular weight excluding hydrogens is 354 g/mol. The number of carbonyl (C=O) groups excluding carboxylic acids is 1. The van der Waals surface area contributed by atoms with Crippen LogP contribution < -0.4 is 14.5 Å². The molecule has 0 saturated carbocycles. The van der Waals surface area contributed by atoms with E-state index in [1.807, 2.05) is 29.2 Å². The van der Waals surface area contributed by atoms with E-state index in [0.717, 1.165) is 39.4 Å². The Balaban J connectivity index is 1.44. The lowest BCUT2D eigenvalue weighted by Gasteiger charge is -2.39. The summed E-state index contributed by atoms with van der Waals surface area (Å²) in [6.45, 7) is 6.49. The molecule has 148 valence electrons. The second kappa shape index (κ2) is 8.52. The van der Waals surface area contributed by atoms with E-state index >= 15 is 0 Å². The maximum atomic E-state index is 12.9. The predicted octanol–water partition coefficient (Wildman–Crippen LogP) is 2.49. The predicted molar refractivity (Wildman–Crippen MR) is 111 cm³/mol. The monoisotopic (exact) mass is 381 g/mol. The van der Waals surface area contributed by atoms with Gasteiger partial charge in [0.2, 0.25) is 0 Å². The van der Waals surface area contributed by atoms with Crippen molar-refractivity contribution in [1.29, 1.82) is 0 Å². The van der Waals surface area contributed by atoms with E-state index in [1.165, 1.54) is 11.4 Å². The summed E-state index contributed by atoms with van der Waals surface area (Å²) in [5.41, 5.74) is 3.19. The molecular formula is C22H27N3O3. The second-order valence-corrected chi connectivity index (χ2v) is 7.10. The fourth-order valence-electron chi connectivity index (χ4n) is 3.89. The van der Waals surface area contributed by atoms with Gasteiger partial charge in [0.15, 0.2) is 0 Å². The Morgan fingerprint density at radius 2 is 1.50 bits per heavy atom. The minimum Gasteiger partial charge on any atom is -0.497 e. The van der Waals surface area contributed by atoms with Crippen LogP contribution in [-0.4, -0.2) is 70.4 Å². The van der Waals surface area contributed by atoms with Crippen LogP contribution in [0.5, 0.6) is 5.75 Å². The molecule has 0 atom stereocenters. The molecule has 2 fully saturated rings. The fourth-order valence-corrected chi connectivity index (χ4v) is 3.89. The SMILES string of the molecule is COc1cccc(C(=O)N2CCN(c3ccccc3N3CCOCC3)CC2)c1. The average Bonchev–Trinajstić information content (AvgIpc) is 2.79. The van der Waals surface area contributed by atoms with E-state index in [2.05, 4.69) is 34.1 Å². The molecule has 0 spiro atoms. The molecule has 28 heavy (non-hydrogen) atoms. The molecule has 0 aliphatic carbocycles. The third kappa shape index (κ3) is 3.92. The number of ether oxygens (including phenoxy) is 2. The smallest absolute Gasteiger partial charge is 0.254 e. The van der Waals surface area contributed by atoms with Gasteiger partial charge in [-0.1, -0.05) is 18.2 Å². The van der Waals surface area contributed by atoms with Crippen molar-refractivity contribution in [1.82, 2.24) is 4.90 Å². The first-order valence-electron chi connectivity index (χ1n) is 9.86. The largest absolute Gasteiger partial charge is 0.497 e. The molecule has 2 heterocycles. The lowest BCUT2D eigenvalue weighted by molar-refractivity contribution is 0.0746. The number of anilines is 2. The van der Waals surface area contributed by atoms with Crippen molar-refractivity contribution in [3.05, 3.63) is 54.1 Å². The minimum absolute atomic E-state index is 0.0695. The molecule has 0 aromatic heterocycles. The molecule has 0 radical (unpaired) electrons. The number of piperazine rings is 1. The van der Waals surface area contributed by atoms with Crippen LogP contribution in [0.4, 0.5) is 11.4 Å². The molecule has 4 rings (SSSR count). The number of nitrogens with zero attached hydrogens (tertiary/aromatic N) is 3. The van der Waals surface area contributed by atoms with Gasteiger partial charge in [0.1, 0.15) is 5.75 Å². The molecule has 2 aromatic rings. The Morgan fingerprint density at radius 3 is 2.14 bits per heavy atom. The molecule has 2 aliphatic rings. The lowest BCUT2D eigenvalue weighted by Crippen LogP contribution is -2.49. The summed E-state index contributed by atoms with van der Waals surface area (Å²) in [6.07, 6.45) is 0. The zero-order valence-electron chi connectivity index (χ0n) is 16.3. The molecule has 2 aromatic carbocycles. The van der Waals surface area contributed by atoms with Crippen LogP contribution in [0.3, 0.4) is 0 Å². The van der Waals surface area contributed by atoms with E-state index in [0.29, 0.717) is 24.4 Å². The third-order valence-corrected chi connectivity index (χ3v) is 5.46. The van der Waals surface area contributed by atoms with Crippen molar-refractivity contribution in [3.63, 3.8) is 0 Å². The highest BCUT2D eigenvalue weighted by Crippen LogP contribution is 2.30. The Morgan fingerprint density at radius 1 is 0.857 bits per heavy atom. The van der Waals surface area contributed by atoms with Gasteiger partial charge in [0, 0.05) is 44.8 Å². The third-order valence-electron chi connectivity index (χ3n) is 5.46. The lowest BCUT2D eigenvalue weighted by atomic mass is 10.1. The van der Waals surface area contributed by atoms with E-state index in [1.54, 1.807) is 7.11 Å². The summed E-state index contributed by atoms with van der Waals surface area (Å²) in [5, 5.41) is 0. The van der Waals surface area contributed by atoms with Gasteiger partial charge in [0.05, 0.1) is 31.7 Å². The first-order chi connectivity index (χ1) is 13.8. The van der Waals surface area contributed by atoms with Crippen LogP contribution >= 0.6 is 0 Å². The highest BCUT2D eigenvalue weighted by Gasteiger charge is 2.25. The number of rotatable bonds is 4. The van der Waals surface area contributed by atoms with E-state index in [-0.39, 0.29) is 5.91 Å². The van der Waals surface area contributed by atoms with Crippen LogP contribution in [0.15, 0.2) is 48.5 Å². The molecule has 2 aliphatic heterocycles. The molecule has 0 unspecified atom stereocenters. The molecule has 6 nitrogen and oxygen atoms in total. The zero-order chi connectivity index (χ0) is 19.3. The van der Waals surface area contributed by atoms with E-state index in [9.17, 15) is 4.79 Å². The number of methoxy groups -OCH3 is 1. The Hall–Kier alpha value is -2.73. The molecule has 0 N–H and O–H groups in total. The fraction of sp³-hybridized carbons (Fsp3) is 0.409. The first kappa shape index (κ1) is 18.6. The summed E-state index contributed by atoms with van der Waals surface area (Å²) in [4.78, 5) is 19.6. The van der Waals surface area contributed by atoms with E-state index in [4.69, 9.17) is 9.47 Å². The second-order valence-electron chi connectivity index (χ2n) is 7.10. The van der Waals surface area contributed by atoms with Crippen LogP contribution in [0.1, 0.15) is 10.4 Å². The number of morpholine rings is 1. The first-order valence-corrected chi connectivity index (χ1v) is 9.86. The van der Waals surface area contributed by atoms with Crippen molar-refractivity contribution in [2.24, 2.45) is 0 Å². The molecule has 1 amide bonds. The summed E-state index contributed by atoms with van der Waals surface area (Å²) < 4.78 is 10.7.